The molecule has 0 amide bonds. The fourth-order valence-electron chi connectivity index (χ4n) is 2.08. The number of halogens is 1. The molecule has 100 valence electrons. The minimum absolute atomic E-state index is 1.03. The lowest BCUT2D eigenvalue weighted by Crippen LogP contribution is -1.82. The van der Waals surface area contributed by atoms with E-state index in [2.05, 4.69) is 58.6 Å². The SMILES string of the molecule is CCc1ccc(-c2nc(-c3ccccc3Br)cs2)cc1. The number of nitrogens with zero attached hydrogens (tertiary/aromatic N) is 1. The van der Waals surface area contributed by atoms with Crippen LogP contribution in [-0.4, -0.2) is 4.98 Å². The maximum absolute atomic E-state index is 4.76. The number of rotatable bonds is 3. The van der Waals surface area contributed by atoms with Crippen LogP contribution in [0.3, 0.4) is 0 Å². The molecule has 0 bridgehead atoms. The van der Waals surface area contributed by atoms with Crippen LogP contribution >= 0.6 is 27.3 Å². The first kappa shape index (κ1) is 13.5. The Morgan fingerprint density at radius 1 is 1.05 bits per heavy atom. The Bertz CT molecular complexity index is 716. The smallest absolute Gasteiger partial charge is 0.124 e. The summed E-state index contributed by atoms with van der Waals surface area (Å²) in [5.41, 5.74) is 4.71. The summed E-state index contributed by atoms with van der Waals surface area (Å²) in [6, 6.07) is 16.8. The lowest BCUT2D eigenvalue weighted by molar-refractivity contribution is 1.14. The number of hydrogen-bond donors (Lipinski definition) is 0. The van der Waals surface area contributed by atoms with Gasteiger partial charge in [-0.05, 0) is 18.1 Å². The van der Waals surface area contributed by atoms with Gasteiger partial charge in [-0.3, -0.25) is 0 Å². The molecule has 1 heterocycles. The normalized spacial score (nSPS) is 10.7. The van der Waals surface area contributed by atoms with Crippen LogP contribution in [0.1, 0.15) is 12.5 Å². The minimum Gasteiger partial charge on any atom is -0.236 e. The maximum Gasteiger partial charge on any atom is 0.124 e. The van der Waals surface area contributed by atoms with Crippen LogP contribution in [0.5, 0.6) is 0 Å². The molecular formula is C17H14BrNS. The predicted molar refractivity (Wildman–Crippen MR) is 90.1 cm³/mol. The second-order valence-electron chi connectivity index (χ2n) is 4.57. The van der Waals surface area contributed by atoms with Crippen molar-refractivity contribution in [3.63, 3.8) is 0 Å². The van der Waals surface area contributed by atoms with Gasteiger partial charge in [0.15, 0.2) is 0 Å². The average molecular weight is 344 g/mol. The topological polar surface area (TPSA) is 12.9 Å². The highest BCUT2D eigenvalue weighted by Gasteiger charge is 2.08. The van der Waals surface area contributed by atoms with E-state index >= 15 is 0 Å². The fourth-order valence-corrected chi connectivity index (χ4v) is 3.40. The zero-order valence-electron chi connectivity index (χ0n) is 11.1. The van der Waals surface area contributed by atoms with Crippen LogP contribution in [0.4, 0.5) is 0 Å². The Morgan fingerprint density at radius 3 is 2.50 bits per heavy atom. The fraction of sp³-hybridized carbons (Fsp3) is 0.118. The van der Waals surface area contributed by atoms with Crippen molar-refractivity contribution < 1.29 is 0 Å². The number of thiazole rings is 1. The van der Waals surface area contributed by atoms with Crippen molar-refractivity contribution in [1.82, 2.24) is 4.98 Å². The summed E-state index contributed by atoms with van der Waals surface area (Å²) in [7, 11) is 0. The van der Waals surface area contributed by atoms with E-state index in [1.165, 1.54) is 11.1 Å². The minimum atomic E-state index is 1.03. The second kappa shape index (κ2) is 5.90. The summed E-state index contributed by atoms with van der Waals surface area (Å²) in [4.78, 5) is 4.76. The summed E-state index contributed by atoms with van der Waals surface area (Å²) >= 11 is 5.27. The third kappa shape index (κ3) is 2.69. The molecule has 2 aromatic carbocycles. The highest BCUT2D eigenvalue weighted by molar-refractivity contribution is 9.10. The van der Waals surface area contributed by atoms with E-state index in [0.29, 0.717) is 0 Å². The quantitative estimate of drug-likeness (QED) is 0.585. The first-order valence-electron chi connectivity index (χ1n) is 6.57. The number of aryl methyl sites for hydroxylation is 1. The lowest BCUT2D eigenvalue weighted by Gasteiger charge is -2.00. The predicted octanol–water partition coefficient (Wildman–Crippen LogP) is 5.80. The molecule has 3 heteroatoms. The number of aromatic nitrogens is 1. The molecule has 0 aliphatic rings. The van der Waals surface area contributed by atoms with Gasteiger partial charge in [0.2, 0.25) is 0 Å². The Kier molecular flexibility index (Phi) is 3.99. The van der Waals surface area contributed by atoms with Crippen molar-refractivity contribution in [3.05, 3.63) is 63.9 Å². The molecule has 1 aromatic heterocycles. The van der Waals surface area contributed by atoms with Crippen LogP contribution in [-0.2, 0) is 6.42 Å². The molecule has 0 radical (unpaired) electrons. The van der Waals surface area contributed by atoms with E-state index in [-0.39, 0.29) is 0 Å². The first-order chi connectivity index (χ1) is 9.78. The average Bonchev–Trinajstić information content (AvgIpc) is 2.97. The molecule has 0 atom stereocenters. The number of hydrogen-bond acceptors (Lipinski definition) is 2. The van der Waals surface area contributed by atoms with E-state index in [1.54, 1.807) is 11.3 Å². The van der Waals surface area contributed by atoms with Crippen molar-refractivity contribution in [3.8, 4) is 21.8 Å². The van der Waals surface area contributed by atoms with Gasteiger partial charge in [-0.15, -0.1) is 11.3 Å². The van der Waals surface area contributed by atoms with Gasteiger partial charge >= 0.3 is 0 Å². The van der Waals surface area contributed by atoms with Crippen LogP contribution in [0.25, 0.3) is 21.8 Å². The van der Waals surface area contributed by atoms with Crippen LogP contribution in [0, 0.1) is 0 Å². The van der Waals surface area contributed by atoms with Gasteiger partial charge in [-0.1, -0.05) is 65.3 Å². The molecule has 0 fully saturated rings. The van der Waals surface area contributed by atoms with E-state index in [4.69, 9.17) is 4.98 Å². The molecule has 0 saturated carbocycles. The Labute approximate surface area is 131 Å². The molecule has 0 saturated heterocycles. The van der Waals surface area contributed by atoms with E-state index in [0.717, 1.165) is 27.2 Å². The molecule has 0 aliphatic carbocycles. The largest absolute Gasteiger partial charge is 0.236 e. The van der Waals surface area contributed by atoms with Gasteiger partial charge in [0, 0.05) is 21.0 Å². The van der Waals surface area contributed by atoms with Crippen molar-refractivity contribution >= 4 is 27.3 Å². The zero-order valence-corrected chi connectivity index (χ0v) is 13.5. The molecule has 0 N–H and O–H groups in total. The summed E-state index contributed by atoms with van der Waals surface area (Å²) in [6.07, 6.45) is 1.07. The second-order valence-corrected chi connectivity index (χ2v) is 6.28. The third-order valence-corrected chi connectivity index (χ3v) is 4.85. The van der Waals surface area contributed by atoms with Gasteiger partial charge in [0.05, 0.1) is 5.69 Å². The first-order valence-corrected chi connectivity index (χ1v) is 8.25. The van der Waals surface area contributed by atoms with Crippen LogP contribution in [0.15, 0.2) is 58.4 Å². The van der Waals surface area contributed by atoms with Crippen molar-refractivity contribution in [1.29, 1.82) is 0 Å². The zero-order chi connectivity index (χ0) is 13.9. The maximum atomic E-state index is 4.76. The molecule has 1 nitrogen and oxygen atoms in total. The highest BCUT2D eigenvalue weighted by atomic mass is 79.9. The van der Waals surface area contributed by atoms with Crippen LogP contribution in [0.2, 0.25) is 0 Å². The molecule has 0 spiro atoms. The summed E-state index contributed by atoms with van der Waals surface area (Å²) < 4.78 is 1.08. The summed E-state index contributed by atoms with van der Waals surface area (Å²) in [5.74, 6) is 0. The Morgan fingerprint density at radius 2 is 1.80 bits per heavy atom. The molecule has 3 rings (SSSR count). The van der Waals surface area contributed by atoms with Gasteiger partial charge in [-0.2, -0.15) is 0 Å². The molecule has 20 heavy (non-hydrogen) atoms. The lowest BCUT2D eigenvalue weighted by atomic mass is 10.1. The van der Waals surface area contributed by atoms with Crippen molar-refractivity contribution in [2.45, 2.75) is 13.3 Å². The summed E-state index contributed by atoms with van der Waals surface area (Å²) in [5, 5.41) is 3.18. The molecule has 0 aliphatic heterocycles. The monoisotopic (exact) mass is 343 g/mol. The van der Waals surface area contributed by atoms with Gasteiger partial charge in [0.25, 0.3) is 0 Å². The van der Waals surface area contributed by atoms with Crippen molar-refractivity contribution in [2.75, 3.05) is 0 Å². The van der Waals surface area contributed by atoms with E-state index < -0.39 is 0 Å². The standard InChI is InChI=1S/C17H14BrNS/c1-2-12-7-9-13(10-8-12)17-19-16(11-20-17)14-5-3-4-6-15(14)18/h3-11H,2H2,1H3. The molecular weight excluding hydrogens is 330 g/mol. The van der Waals surface area contributed by atoms with E-state index in [9.17, 15) is 0 Å². The molecule has 0 unspecified atom stereocenters. The Hall–Kier alpha value is -1.45. The van der Waals surface area contributed by atoms with E-state index in [1.807, 2.05) is 18.2 Å². The van der Waals surface area contributed by atoms with Gasteiger partial charge in [-0.25, -0.2) is 4.98 Å². The van der Waals surface area contributed by atoms with Gasteiger partial charge < -0.3 is 0 Å². The Balaban J connectivity index is 1.95. The van der Waals surface area contributed by atoms with Crippen molar-refractivity contribution in [2.24, 2.45) is 0 Å². The van der Waals surface area contributed by atoms with Crippen LogP contribution < -0.4 is 0 Å². The van der Waals surface area contributed by atoms with Gasteiger partial charge in [0.1, 0.15) is 5.01 Å². The molecule has 3 aromatic rings. The third-order valence-electron chi connectivity index (χ3n) is 3.26. The number of benzene rings is 2. The summed E-state index contributed by atoms with van der Waals surface area (Å²) in [6.45, 7) is 2.17. The highest BCUT2D eigenvalue weighted by Crippen LogP contribution is 2.32.